The predicted molar refractivity (Wildman–Crippen MR) is 110 cm³/mol. The lowest BCUT2D eigenvalue weighted by molar-refractivity contribution is -0.127. The van der Waals surface area contributed by atoms with Gasteiger partial charge >= 0.3 is 0 Å². The van der Waals surface area contributed by atoms with Crippen molar-refractivity contribution in [1.82, 2.24) is 0 Å². The van der Waals surface area contributed by atoms with E-state index < -0.39 is 15.4 Å². The smallest absolute Gasteiger partial charge is 0.210 e. The van der Waals surface area contributed by atoms with E-state index in [-0.39, 0.29) is 16.5 Å². The van der Waals surface area contributed by atoms with Crippen LogP contribution in [0.2, 0.25) is 0 Å². The number of Topliss-reactive ketones (excluding diaryl/α,β-unsaturated/α-hetero) is 2. The molecule has 1 aliphatic carbocycles. The van der Waals surface area contributed by atoms with E-state index in [1.165, 1.54) is 19.1 Å². The van der Waals surface area contributed by atoms with Gasteiger partial charge in [-0.3, -0.25) is 9.59 Å². The van der Waals surface area contributed by atoms with Crippen LogP contribution in [0, 0.1) is 0 Å². The molecule has 1 spiro atoms. The Hall–Kier alpha value is -2.73. The molecule has 0 N–H and O–H groups in total. The summed E-state index contributed by atoms with van der Waals surface area (Å²) in [6.07, 6.45) is 4.37. The first-order chi connectivity index (χ1) is 13.7. The van der Waals surface area contributed by atoms with Gasteiger partial charge in [-0.15, -0.1) is 0 Å². The van der Waals surface area contributed by atoms with Crippen molar-refractivity contribution in [1.29, 1.82) is 0 Å². The second kappa shape index (κ2) is 6.95. The zero-order valence-corrected chi connectivity index (χ0v) is 17.2. The monoisotopic (exact) mass is 410 g/mol. The summed E-state index contributed by atoms with van der Waals surface area (Å²) in [6, 6.07) is 13.4. The highest BCUT2D eigenvalue weighted by Gasteiger charge is 2.51. The van der Waals surface area contributed by atoms with Gasteiger partial charge in [0, 0.05) is 17.4 Å². The maximum Gasteiger partial charge on any atom is 0.210 e. The highest BCUT2D eigenvalue weighted by atomic mass is 32.2. The van der Waals surface area contributed by atoms with Gasteiger partial charge in [-0.25, -0.2) is 8.42 Å². The summed E-state index contributed by atoms with van der Waals surface area (Å²) in [6.45, 7) is 1.50. The van der Waals surface area contributed by atoms with E-state index in [0.717, 1.165) is 19.1 Å². The van der Waals surface area contributed by atoms with E-state index in [2.05, 4.69) is 0 Å². The number of sulfone groups is 1. The van der Waals surface area contributed by atoms with Gasteiger partial charge in [0.1, 0.15) is 5.76 Å². The van der Waals surface area contributed by atoms with Crippen LogP contribution in [0.15, 0.2) is 53.4 Å². The maximum absolute atomic E-state index is 13.4. The fraction of sp³-hybridized carbons (Fsp3) is 0.304. The Morgan fingerprint density at radius 1 is 0.931 bits per heavy atom. The summed E-state index contributed by atoms with van der Waals surface area (Å²) in [4.78, 5) is 25.2. The standard InChI is InChI=1S/C23H22O5S/c1-15(24)16-5-7-17(8-6-16)20-21(28-23(22(20)25)13-3-4-14-23)18-9-11-19(12-10-18)29(2,26)27/h5-12H,3-4,13-14H2,1-2H3. The van der Waals surface area contributed by atoms with Crippen molar-refractivity contribution in [2.45, 2.75) is 43.1 Å². The second-order valence-corrected chi connectivity index (χ2v) is 9.78. The van der Waals surface area contributed by atoms with Gasteiger partial charge in [0.2, 0.25) is 5.78 Å². The minimum atomic E-state index is -3.31. The third kappa shape index (κ3) is 3.42. The predicted octanol–water partition coefficient (Wildman–Crippen LogP) is 4.07. The van der Waals surface area contributed by atoms with Crippen molar-refractivity contribution in [3.63, 3.8) is 0 Å². The van der Waals surface area contributed by atoms with Crippen LogP contribution in [0.5, 0.6) is 0 Å². The summed E-state index contributed by atoms with van der Waals surface area (Å²) in [7, 11) is -3.31. The molecular weight excluding hydrogens is 388 g/mol. The molecule has 0 aromatic heterocycles. The van der Waals surface area contributed by atoms with Crippen LogP contribution in [0.3, 0.4) is 0 Å². The minimum absolute atomic E-state index is 0.0345. The first-order valence-corrected chi connectivity index (χ1v) is 11.5. The van der Waals surface area contributed by atoms with Crippen molar-refractivity contribution in [3.8, 4) is 0 Å². The lowest BCUT2D eigenvalue weighted by Crippen LogP contribution is -2.33. The molecule has 5 nitrogen and oxygen atoms in total. The molecule has 0 amide bonds. The molecule has 0 atom stereocenters. The average Bonchev–Trinajstić information content (AvgIpc) is 3.27. The van der Waals surface area contributed by atoms with Crippen molar-refractivity contribution in [2.75, 3.05) is 6.26 Å². The van der Waals surface area contributed by atoms with Crippen molar-refractivity contribution < 1.29 is 22.7 Å². The van der Waals surface area contributed by atoms with Crippen molar-refractivity contribution in [3.05, 3.63) is 65.2 Å². The normalized spacial score (nSPS) is 18.3. The van der Waals surface area contributed by atoms with Crippen molar-refractivity contribution >= 4 is 32.7 Å². The molecule has 4 rings (SSSR count). The van der Waals surface area contributed by atoms with Crippen LogP contribution in [-0.2, 0) is 19.4 Å². The van der Waals surface area contributed by atoms with Gasteiger partial charge in [-0.1, -0.05) is 24.3 Å². The first-order valence-electron chi connectivity index (χ1n) is 9.61. The number of rotatable bonds is 4. The zero-order valence-electron chi connectivity index (χ0n) is 16.4. The molecular formula is C23H22O5S. The topological polar surface area (TPSA) is 77.5 Å². The fourth-order valence-corrected chi connectivity index (χ4v) is 4.72. The Morgan fingerprint density at radius 2 is 1.48 bits per heavy atom. The highest BCUT2D eigenvalue weighted by molar-refractivity contribution is 7.90. The van der Waals surface area contributed by atoms with E-state index in [9.17, 15) is 18.0 Å². The molecule has 150 valence electrons. The molecule has 29 heavy (non-hydrogen) atoms. The van der Waals surface area contributed by atoms with Gasteiger partial charge in [0.05, 0.1) is 10.5 Å². The lowest BCUT2D eigenvalue weighted by atomic mass is 9.89. The Labute approximate surface area is 170 Å². The molecule has 2 aromatic carbocycles. The Balaban J connectivity index is 1.83. The summed E-state index contributed by atoms with van der Waals surface area (Å²) in [5.74, 6) is 0.406. The number of benzene rings is 2. The molecule has 1 aliphatic heterocycles. The Morgan fingerprint density at radius 3 is 2.00 bits per heavy atom. The van der Waals surface area contributed by atoms with E-state index >= 15 is 0 Å². The Kier molecular flexibility index (Phi) is 4.69. The van der Waals surface area contributed by atoms with Crippen molar-refractivity contribution in [2.24, 2.45) is 0 Å². The van der Waals surface area contributed by atoms with Crippen LogP contribution in [0.4, 0.5) is 0 Å². The third-order valence-corrected chi connectivity index (χ3v) is 6.83. The van der Waals surface area contributed by atoms with E-state index in [1.54, 1.807) is 36.4 Å². The second-order valence-electron chi connectivity index (χ2n) is 7.77. The summed E-state index contributed by atoms with van der Waals surface area (Å²) in [5.41, 5.74) is 1.61. The quantitative estimate of drug-likeness (QED) is 0.710. The number of hydrogen-bond acceptors (Lipinski definition) is 5. The zero-order chi connectivity index (χ0) is 20.8. The van der Waals surface area contributed by atoms with Crippen LogP contribution < -0.4 is 0 Å². The number of carbonyl (C=O) groups is 2. The van der Waals surface area contributed by atoms with E-state index in [0.29, 0.717) is 40.9 Å². The minimum Gasteiger partial charge on any atom is -0.478 e. The van der Waals surface area contributed by atoms with Gasteiger partial charge in [0.25, 0.3) is 0 Å². The molecule has 0 bridgehead atoms. The number of carbonyl (C=O) groups excluding carboxylic acids is 2. The van der Waals surface area contributed by atoms with Crippen LogP contribution in [0.25, 0.3) is 11.3 Å². The molecule has 1 heterocycles. The lowest BCUT2D eigenvalue weighted by Gasteiger charge is -2.22. The SMILES string of the molecule is CC(=O)c1ccc(C2=C(c3ccc(S(C)(=O)=O)cc3)OC3(CCCC3)C2=O)cc1. The van der Waals surface area contributed by atoms with Crippen LogP contribution in [0.1, 0.15) is 54.1 Å². The molecule has 2 aromatic rings. The number of ether oxygens (including phenoxy) is 1. The van der Waals surface area contributed by atoms with Crippen LogP contribution in [-0.4, -0.2) is 31.8 Å². The molecule has 6 heteroatoms. The molecule has 2 aliphatic rings. The number of ketones is 2. The molecule has 1 saturated carbocycles. The van der Waals surface area contributed by atoms with Gasteiger partial charge in [-0.05, 0) is 62.4 Å². The largest absolute Gasteiger partial charge is 0.478 e. The van der Waals surface area contributed by atoms with E-state index in [1.807, 2.05) is 0 Å². The summed E-state index contributed by atoms with van der Waals surface area (Å²) < 4.78 is 29.8. The van der Waals surface area contributed by atoms with Gasteiger partial charge < -0.3 is 4.74 Å². The van der Waals surface area contributed by atoms with Gasteiger partial charge in [-0.2, -0.15) is 0 Å². The fourth-order valence-electron chi connectivity index (χ4n) is 4.09. The van der Waals surface area contributed by atoms with Gasteiger partial charge in [0.15, 0.2) is 21.2 Å². The summed E-state index contributed by atoms with van der Waals surface area (Å²) >= 11 is 0. The molecule has 0 radical (unpaired) electrons. The highest BCUT2D eigenvalue weighted by Crippen LogP contribution is 2.48. The summed E-state index contributed by atoms with van der Waals surface area (Å²) in [5, 5.41) is 0. The first kappa shape index (κ1) is 19.6. The Bertz CT molecular complexity index is 1120. The van der Waals surface area contributed by atoms with Crippen LogP contribution >= 0.6 is 0 Å². The maximum atomic E-state index is 13.4. The molecule has 0 unspecified atom stereocenters. The van der Waals surface area contributed by atoms with E-state index in [4.69, 9.17) is 4.74 Å². The number of hydrogen-bond donors (Lipinski definition) is 0. The average molecular weight is 410 g/mol. The molecule has 1 fully saturated rings. The molecule has 0 saturated heterocycles. The third-order valence-electron chi connectivity index (χ3n) is 5.70.